The molecule has 203 valence electrons. The molecule has 0 amide bonds. The average molecular weight is 658 g/mol. The summed E-state index contributed by atoms with van der Waals surface area (Å²) in [5.74, 6) is 1.25. The molecular weight excluding hydrogens is 619 g/mol. The van der Waals surface area contributed by atoms with E-state index < -0.39 is 15.8 Å². The van der Waals surface area contributed by atoms with Crippen LogP contribution in [0, 0.1) is 34.6 Å². The van der Waals surface area contributed by atoms with Gasteiger partial charge < -0.3 is 0 Å². The fourth-order valence-corrected chi connectivity index (χ4v) is 12.6. The van der Waals surface area contributed by atoms with E-state index >= 15 is 0 Å². The molecule has 0 heterocycles. The molecule has 0 saturated heterocycles. The number of halogens is 1. The maximum absolute atomic E-state index is 4.57. The van der Waals surface area contributed by atoms with E-state index in [1.807, 2.05) is 17.3 Å². The van der Waals surface area contributed by atoms with Crippen molar-refractivity contribution in [3.63, 3.8) is 0 Å². The molecule has 39 heavy (non-hydrogen) atoms. The van der Waals surface area contributed by atoms with Gasteiger partial charge in [0.2, 0.25) is 0 Å². The second kappa shape index (κ2) is 16.3. The summed E-state index contributed by atoms with van der Waals surface area (Å²) in [7, 11) is 2.87. The number of hydrogen-bond donors (Lipinski definition) is 0. The van der Waals surface area contributed by atoms with Crippen LogP contribution in [0.4, 0.5) is 0 Å². The minimum Gasteiger partial charge on any atom is -0.0620 e. The molecule has 0 aliphatic carbocycles. The van der Waals surface area contributed by atoms with Crippen molar-refractivity contribution in [2.45, 2.75) is 34.6 Å². The SMILES string of the molecule is Cc1c(C)c(C)[c-](C)c1C.[Cl][Ru].c1ccc([PH+](C[PH+](c2ccccc2)c2ccccc2)c2ccccc2)cc1. The molecule has 0 aromatic heterocycles. The predicted molar refractivity (Wildman–Crippen MR) is 177 cm³/mol. The van der Waals surface area contributed by atoms with Crippen LogP contribution < -0.4 is 21.2 Å². The van der Waals surface area contributed by atoms with E-state index in [0.717, 1.165) is 0 Å². The summed E-state index contributed by atoms with van der Waals surface area (Å²) in [6.07, 6.45) is 0. The number of hydrogen-bond acceptors (Lipinski definition) is 0. The van der Waals surface area contributed by atoms with Crippen LogP contribution in [0.15, 0.2) is 121 Å². The first-order chi connectivity index (χ1) is 19.0. The Morgan fingerprint density at radius 2 is 0.718 bits per heavy atom. The quantitative estimate of drug-likeness (QED) is 0.0979. The largest absolute Gasteiger partial charge is 0.174 e. The maximum atomic E-state index is 4.57. The molecule has 0 aliphatic rings. The molecular formula is C35H39ClP2Ru+. The first kappa shape index (κ1) is 31.5. The van der Waals surface area contributed by atoms with E-state index in [1.54, 1.807) is 0 Å². The third-order valence-corrected chi connectivity index (χ3v) is 14.6. The normalized spacial score (nSPS) is 10.5. The van der Waals surface area contributed by atoms with Gasteiger partial charge in [0, 0.05) is 0 Å². The summed E-state index contributed by atoms with van der Waals surface area (Å²) in [6.45, 7) is 11.0. The van der Waals surface area contributed by atoms with Crippen LogP contribution in [0.1, 0.15) is 27.8 Å². The Morgan fingerprint density at radius 3 is 0.897 bits per heavy atom. The van der Waals surface area contributed by atoms with Crippen molar-refractivity contribution in [1.82, 2.24) is 0 Å². The molecule has 0 fully saturated rings. The number of benzene rings is 4. The Balaban J connectivity index is 0.000000294. The van der Waals surface area contributed by atoms with Crippen LogP contribution in [0.5, 0.6) is 0 Å². The zero-order valence-corrected chi connectivity index (χ0v) is 28.0. The van der Waals surface area contributed by atoms with Crippen molar-refractivity contribution >= 4 is 46.8 Å². The van der Waals surface area contributed by atoms with Crippen molar-refractivity contribution in [2.75, 3.05) is 5.90 Å². The molecule has 0 unspecified atom stereocenters. The standard InChI is InChI=1S/C25H22P2.C10H15.ClH.Ru/c1-5-13-22(14-6-1)26(23-15-7-2-8-16-23)21-27(24-17-9-3-10-18-24)25-19-11-4-12-20-25;1-6-7(2)9(4)10(5)8(6)3;;/h1-20H,21H2;1-5H3;1H;/q;-1;;+1/p+1. The monoisotopic (exact) mass is 658 g/mol. The van der Waals surface area contributed by atoms with Crippen molar-refractivity contribution in [3.8, 4) is 0 Å². The smallest absolute Gasteiger partial charge is 0.0620 e. The molecule has 0 N–H and O–H groups in total. The fourth-order valence-electron chi connectivity index (χ4n) is 4.88. The molecule has 0 saturated carbocycles. The number of rotatable bonds is 6. The van der Waals surface area contributed by atoms with E-state index in [1.165, 1.54) is 54.9 Å². The van der Waals surface area contributed by atoms with Crippen LogP contribution in [0.25, 0.3) is 0 Å². The molecule has 0 bridgehead atoms. The van der Waals surface area contributed by atoms with E-state index in [4.69, 9.17) is 0 Å². The molecule has 0 radical (unpaired) electrons. The van der Waals surface area contributed by atoms with Crippen LogP contribution in [-0.4, -0.2) is 5.90 Å². The first-order valence-corrected chi connectivity index (χ1v) is 18.9. The Hall–Kier alpha value is -2.00. The summed E-state index contributed by atoms with van der Waals surface area (Å²) in [4.78, 5) is 0. The molecule has 5 aromatic carbocycles. The zero-order valence-electron chi connectivity index (χ0n) is 23.5. The van der Waals surface area contributed by atoms with Gasteiger partial charge in [0.05, 0.1) is 0 Å². The van der Waals surface area contributed by atoms with E-state index in [0.29, 0.717) is 0 Å². The van der Waals surface area contributed by atoms with Gasteiger partial charge in [0.15, 0.2) is 5.90 Å². The van der Waals surface area contributed by atoms with Crippen LogP contribution in [0.3, 0.4) is 0 Å². The Bertz CT molecular complexity index is 1140. The third kappa shape index (κ3) is 8.49. The molecule has 5 aromatic rings. The molecule has 0 spiro atoms. The van der Waals surface area contributed by atoms with Gasteiger partial charge in [-0.15, -0.1) is 0 Å². The third-order valence-electron chi connectivity index (χ3n) is 7.66. The van der Waals surface area contributed by atoms with E-state index in [2.05, 4.69) is 166 Å². The van der Waals surface area contributed by atoms with Crippen molar-refractivity contribution in [1.29, 1.82) is 0 Å². The molecule has 4 heteroatoms. The Morgan fingerprint density at radius 1 is 0.487 bits per heavy atom. The van der Waals surface area contributed by atoms with Gasteiger partial charge in [0.25, 0.3) is 0 Å². The first-order valence-electron chi connectivity index (χ1n) is 13.2. The summed E-state index contributed by atoms with van der Waals surface area (Å²) in [5.41, 5.74) is 7.34. The van der Waals surface area contributed by atoms with Gasteiger partial charge in [0.1, 0.15) is 37.1 Å². The Kier molecular flexibility index (Phi) is 13.2. The maximum Gasteiger partial charge on any atom is 0.174 e. The van der Waals surface area contributed by atoms with E-state index in [9.17, 15) is 0 Å². The fraction of sp³-hybridized carbons (Fsp3) is 0.171. The van der Waals surface area contributed by atoms with Gasteiger partial charge >= 0.3 is 27.0 Å². The summed E-state index contributed by atoms with van der Waals surface area (Å²) in [5, 5.41) is 6.01. The molecule has 0 aliphatic heterocycles. The molecule has 5 rings (SSSR count). The Labute approximate surface area is 252 Å². The van der Waals surface area contributed by atoms with Gasteiger partial charge in [-0.1, -0.05) is 107 Å². The topological polar surface area (TPSA) is 0 Å². The van der Waals surface area contributed by atoms with Crippen molar-refractivity contribution < 1.29 is 17.3 Å². The molecule has 0 atom stereocenters. The van der Waals surface area contributed by atoms with Crippen LogP contribution >= 0.6 is 25.5 Å². The predicted octanol–water partition coefficient (Wildman–Crippen LogP) is 8.31. The summed E-state index contributed by atoms with van der Waals surface area (Å²) >= 11 is 1.82. The summed E-state index contributed by atoms with van der Waals surface area (Å²) < 4.78 is 0. The van der Waals surface area contributed by atoms with Gasteiger partial charge in [-0.3, -0.25) is 0 Å². The summed E-state index contributed by atoms with van der Waals surface area (Å²) in [6, 6.07) is 44.5. The minimum absolute atomic E-state index is 0.847. The van der Waals surface area contributed by atoms with Gasteiger partial charge in [-0.05, 0) is 48.5 Å². The van der Waals surface area contributed by atoms with Crippen LogP contribution in [-0.2, 0) is 17.3 Å². The van der Waals surface area contributed by atoms with Crippen molar-refractivity contribution in [2.24, 2.45) is 0 Å². The second-order valence-electron chi connectivity index (χ2n) is 9.72. The average Bonchev–Trinajstić information content (AvgIpc) is 3.18. The minimum atomic E-state index is -0.847. The second-order valence-corrected chi connectivity index (χ2v) is 15.4. The molecule has 0 nitrogen and oxygen atoms in total. The van der Waals surface area contributed by atoms with Gasteiger partial charge in [-0.2, -0.15) is 27.8 Å². The van der Waals surface area contributed by atoms with Gasteiger partial charge in [-0.25, -0.2) is 0 Å². The van der Waals surface area contributed by atoms with E-state index in [-0.39, 0.29) is 0 Å². The van der Waals surface area contributed by atoms with Crippen molar-refractivity contribution in [3.05, 3.63) is 149 Å². The zero-order chi connectivity index (χ0) is 28.2. The van der Waals surface area contributed by atoms with Crippen LogP contribution in [0.2, 0.25) is 0 Å².